The van der Waals surface area contributed by atoms with E-state index < -0.39 is 0 Å². The SMILES string of the molecule is CCCCCc1ccc(C2CCc3cc(F)ccc3C2)c(F)c1. The molecule has 0 aliphatic heterocycles. The van der Waals surface area contributed by atoms with Gasteiger partial charge in [-0.3, -0.25) is 0 Å². The van der Waals surface area contributed by atoms with Gasteiger partial charge in [-0.15, -0.1) is 0 Å². The van der Waals surface area contributed by atoms with Crippen molar-refractivity contribution in [3.8, 4) is 0 Å². The van der Waals surface area contributed by atoms with Gasteiger partial charge in [-0.05, 0) is 78.5 Å². The Hall–Kier alpha value is -1.70. The van der Waals surface area contributed by atoms with E-state index in [0.29, 0.717) is 0 Å². The number of benzene rings is 2. The lowest BCUT2D eigenvalue weighted by Gasteiger charge is -2.25. The third-order valence-corrected chi connectivity index (χ3v) is 4.97. The van der Waals surface area contributed by atoms with Crippen molar-refractivity contribution in [3.05, 3.63) is 70.3 Å². The third-order valence-electron chi connectivity index (χ3n) is 4.97. The number of hydrogen-bond acceptors (Lipinski definition) is 0. The van der Waals surface area contributed by atoms with E-state index in [9.17, 15) is 8.78 Å². The third kappa shape index (κ3) is 3.80. The highest BCUT2D eigenvalue weighted by Crippen LogP contribution is 2.34. The lowest BCUT2D eigenvalue weighted by Crippen LogP contribution is -2.14. The minimum atomic E-state index is -0.176. The van der Waals surface area contributed by atoms with Crippen LogP contribution in [0.4, 0.5) is 8.78 Å². The Balaban J connectivity index is 1.73. The summed E-state index contributed by atoms with van der Waals surface area (Å²) in [5.74, 6) is -0.0444. The fourth-order valence-corrected chi connectivity index (χ4v) is 3.63. The highest BCUT2D eigenvalue weighted by Gasteiger charge is 2.22. The summed E-state index contributed by atoms with van der Waals surface area (Å²) in [5, 5.41) is 0. The predicted molar refractivity (Wildman–Crippen MR) is 90.8 cm³/mol. The first-order valence-corrected chi connectivity index (χ1v) is 8.73. The van der Waals surface area contributed by atoms with Crippen LogP contribution in [-0.4, -0.2) is 0 Å². The molecule has 0 aromatic heterocycles. The van der Waals surface area contributed by atoms with Gasteiger partial charge in [0.25, 0.3) is 0 Å². The highest BCUT2D eigenvalue weighted by molar-refractivity contribution is 5.36. The molecule has 0 fully saturated rings. The van der Waals surface area contributed by atoms with Crippen molar-refractivity contribution in [2.45, 2.75) is 57.8 Å². The molecule has 2 heteroatoms. The second kappa shape index (κ2) is 7.25. The molecule has 0 bridgehead atoms. The maximum Gasteiger partial charge on any atom is 0.126 e. The largest absolute Gasteiger partial charge is 0.207 e. The molecule has 1 aliphatic rings. The molecule has 0 saturated heterocycles. The fourth-order valence-electron chi connectivity index (χ4n) is 3.63. The Morgan fingerprint density at radius 3 is 2.65 bits per heavy atom. The smallest absolute Gasteiger partial charge is 0.126 e. The first-order chi connectivity index (χ1) is 11.2. The van der Waals surface area contributed by atoms with Gasteiger partial charge in [0.2, 0.25) is 0 Å². The molecule has 2 aromatic rings. The summed E-state index contributed by atoms with van der Waals surface area (Å²) in [4.78, 5) is 0. The average Bonchev–Trinajstić information content (AvgIpc) is 2.55. The molecular weight excluding hydrogens is 290 g/mol. The number of unbranched alkanes of at least 4 members (excludes halogenated alkanes) is 2. The second-order valence-corrected chi connectivity index (χ2v) is 6.67. The van der Waals surface area contributed by atoms with Gasteiger partial charge in [-0.25, -0.2) is 8.78 Å². The summed E-state index contributed by atoms with van der Waals surface area (Å²) in [5.41, 5.74) is 4.16. The zero-order valence-corrected chi connectivity index (χ0v) is 13.7. The molecule has 2 aromatic carbocycles. The number of halogens is 2. The van der Waals surface area contributed by atoms with Gasteiger partial charge in [0, 0.05) is 0 Å². The number of hydrogen-bond donors (Lipinski definition) is 0. The Morgan fingerprint density at radius 1 is 1.00 bits per heavy atom. The van der Waals surface area contributed by atoms with Crippen molar-refractivity contribution in [3.63, 3.8) is 0 Å². The maximum atomic E-state index is 14.5. The molecule has 0 nitrogen and oxygen atoms in total. The van der Waals surface area contributed by atoms with Crippen LogP contribution in [0.15, 0.2) is 36.4 Å². The summed E-state index contributed by atoms with van der Waals surface area (Å²) < 4.78 is 27.8. The van der Waals surface area contributed by atoms with Crippen molar-refractivity contribution in [1.82, 2.24) is 0 Å². The standard InChI is InChI=1S/C21H24F2/c1-2-3-4-5-15-6-11-20(21(23)12-15)18-8-7-17-14-19(22)10-9-16(17)13-18/h6,9-12,14,18H,2-5,7-8,13H2,1H3. The topological polar surface area (TPSA) is 0 Å². The molecule has 0 saturated carbocycles. The Labute approximate surface area is 137 Å². The highest BCUT2D eigenvalue weighted by atomic mass is 19.1. The summed E-state index contributed by atoms with van der Waals surface area (Å²) in [6.45, 7) is 2.18. The van der Waals surface area contributed by atoms with E-state index in [1.807, 2.05) is 12.1 Å². The molecule has 1 unspecified atom stereocenters. The van der Waals surface area contributed by atoms with Crippen molar-refractivity contribution >= 4 is 0 Å². The van der Waals surface area contributed by atoms with E-state index in [0.717, 1.165) is 54.4 Å². The van der Waals surface area contributed by atoms with Gasteiger partial charge in [0.1, 0.15) is 11.6 Å². The molecule has 0 radical (unpaired) electrons. The van der Waals surface area contributed by atoms with Gasteiger partial charge >= 0.3 is 0 Å². The quantitative estimate of drug-likeness (QED) is 0.596. The van der Waals surface area contributed by atoms with Crippen molar-refractivity contribution < 1.29 is 8.78 Å². The van der Waals surface area contributed by atoms with Crippen molar-refractivity contribution in [2.75, 3.05) is 0 Å². The van der Waals surface area contributed by atoms with Gasteiger partial charge < -0.3 is 0 Å². The predicted octanol–water partition coefficient (Wildman–Crippen LogP) is 5.97. The molecular formula is C21H24F2. The monoisotopic (exact) mass is 314 g/mol. The molecule has 1 aliphatic carbocycles. The van der Waals surface area contributed by atoms with E-state index in [1.165, 1.54) is 18.9 Å². The van der Waals surface area contributed by atoms with E-state index in [-0.39, 0.29) is 17.6 Å². The lowest BCUT2D eigenvalue weighted by atomic mass is 9.80. The molecule has 1 atom stereocenters. The summed E-state index contributed by atoms with van der Waals surface area (Å²) in [7, 11) is 0. The van der Waals surface area contributed by atoms with Gasteiger partial charge in [-0.2, -0.15) is 0 Å². The van der Waals surface area contributed by atoms with Gasteiger partial charge in [0.15, 0.2) is 0 Å². The van der Waals surface area contributed by atoms with E-state index in [1.54, 1.807) is 12.1 Å². The molecule has 0 amide bonds. The van der Waals surface area contributed by atoms with Crippen LogP contribution >= 0.6 is 0 Å². The van der Waals surface area contributed by atoms with Crippen LogP contribution in [0.2, 0.25) is 0 Å². The summed E-state index contributed by atoms with van der Waals surface area (Å²) >= 11 is 0. The molecule has 3 rings (SSSR count). The number of fused-ring (bicyclic) bond motifs is 1. The van der Waals surface area contributed by atoms with Crippen molar-refractivity contribution in [1.29, 1.82) is 0 Å². The Morgan fingerprint density at radius 2 is 1.87 bits per heavy atom. The average molecular weight is 314 g/mol. The molecule has 122 valence electrons. The van der Waals surface area contributed by atoms with Crippen LogP contribution in [0.3, 0.4) is 0 Å². The molecule has 0 N–H and O–H groups in total. The zero-order valence-electron chi connectivity index (χ0n) is 13.7. The van der Waals surface area contributed by atoms with Crippen LogP contribution in [0.1, 0.15) is 60.8 Å². The minimum absolute atomic E-state index is 0.0745. The minimum Gasteiger partial charge on any atom is -0.207 e. The normalized spacial score (nSPS) is 17.1. The second-order valence-electron chi connectivity index (χ2n) is 6.67. The zero-order chi connectivity index (χ0) is 16.2. The van der Waals surface area contributed by atoms with Crippen molar-refractivity contribution in [2.24, 2.45) is 0 Å². The fraction of sp³-hybridized carbons (Fsp3) is 0.429. The Kier molecular flexibility index (Phi) is 5.09. The lowest BCUT2D eigenvalue weighted by molar-refractivity contribution is 0.529. The summed E-state index contributed by atoms with van der Waals surface area (Å²) in [6.07, 6.45) is 6.98. The van der Waals surface area contributed by atoms with Crippen LogP contribution in [0, 0.1) is 11.6 Å². The van der Waals surface area contributed by atoms with Gasteiger partial charge in [-0.1, -0.05) is 38.0 Å². The molecule has 23 heavy (non-hydrogen) atoms. The van der Waals surface area contributed by atoms with E-state index >= 15 is 0 Å². The molecule has 0 spiro atoms. The van der Waals surface area contributed by atoms with Crippen LogP contribution in [-0.2, 0) is 19.3 Å². The number of rotatable bonds is 5. The van der Waals surface area contributed by atoms with E-state index in [2.05, 4.69) is 13.0 Å². The Bertz CT molecular complexity index is 676. The maximum absolute atomic E-state index is 14.5. The van der Waals surface area contributed by atoms with Crippen LogP contribution in [0.25, 0.3) is 0 Å². The first-order valence-electron chi connectivity index (χ1n) is 8.73. The van der Waals surface area contributed by atoms with Crippen LogP contribution in [0.5, 0.6) is 0 Å². The van der Waals surface area contributed by atoms with Crippen LogP contribution < -0.4 is 0 Å². The van der Waals surface area contributed by atoms with Gasteiger partial charge in [0.05, 0.1) is 0 Å². The number of aryl methyl sites for hydroxylation is 2. The molecule has 0 heterocycles. The first kappa shape index (κ1) is 16.2. The summed E-state index contributed by atoms with van der Waals surface area (Å²) in [6, 6.07) is 10.7. The van der Waals surface area contributed by atoms with E-state index in [4.69, 9.17) is 0 Å².